The van der Waals surface area contributed by atoms with E-state index in [0.717, 1.165) is 16.8 Å². The molecule has 1 saturated heterocycles. The van der Waals surface area contributed by atoms with Crippen LogP contribution in [0.3, 0.4) is 0 Å². The topological polar surface area (TPSA) is 158 Å². The van der Waals surface area contributed by atoms with Crippen LogP contribution >= 0.6 is 19.3 Å². The number of terminal acetylenes is 1. The number of hydrogen-bond acceptors (Lipinski definition) is 9. The van der Waals surface area contributed by atoms with Crippen molar-refractivity contribution in [1.82, 2.24) is 14.6 Å². The third kappa shape index (κ3) is 7.82. The number of aromatic nitrogens is 2. The largest absolute Gasteiger partial charge is 0.461 e. The van der Waals surface area contributed by atoms with Crippen LogP contribution in [0.25, 0.3) is 0 Å². The predicted octanol–water partition coefficient (Wildman–Crippen LogP) is 2.76. The lowest BCUT2D eigenvalue weighted by molar-refractivity contribution is -0.151. The van der Waals surface area contributed by atoms with Crippen molar-refractivity contribution in [3.8, 4) is 18.1 Å². The van der Waals surface area contributed by atoms with Crippen molar-refractivity contribution in [3.05, 3.63) is 62.4 Å². The van der Waals surface area contributed by atoms with E-state index in [2.05, 4.69) is 16.0 Å². The summed E-state index contributed by atoms with van der Waals surface area (Å²) in [5, 5.41) is 14.0. The number of halogens is 1. The first-order chi connectivity index (χ1) is 18.4. The minimum atomic E-state index is -4.26. The summed E-state index contributed by atoms with van der Waals surface area (Å²) >= 11 is 5.92. The van der Waals surface area contributed by atoms with Crippen molar-refractivity contribution in [3.63, 3.8) is 0 Å². The van der Waals surface area contributed by atoms with E-state index in [1.807, 2.05) is 13.8 Å². The SMILES string of the molecule is C#C[C@@]1(O)C[C@@H](COP(=O)(N[C@@H](C)C(=O)OC(CC)CC)Oc2ccc(Cl)cc2)O[C@H]1n1ccc(=O)[nH]c1=O. The second-order valence-electron chi connectivity index (χ2n) is 8.97. The highest BCUT2D eigenvalue weighted by molar-refractivity contribution is 7.52. The summed E-state index contributed by atoms with van der Waals surface area (Å²) < 4.78 is 37.2. The average molecular weight is 584 g/mol. The molecule has 14 heteroatoms. The molecule has 12 nitrogen and oxygen atoms in total. The molecule has 2 heterocycles. The van der Waals surface area contributed by atoms with Crippen LogP contribution in [0.4, 0.5) is 0 Å². The standard InChI is InChI=1S/C25H31ClN3O9P/c1-5-18(6-2)36-22(31)16(4)28-39(34,38-19-10-8-17(26)9-11-19)35-15-20-14-25(33,7-3)23(37-20)29-13-12-21(30)27-24(29)32/h3,8-13,16,18,20,23,33H,5-6,14-15H2,1-2,4H3,(H,28,34)(H,27,30,32)/t16-,20-,23+,25+,39?/m0/s1. The number of nitrogens with one attached hydrogen (secondary N) is 2. The number of hydrogen-bond donors (Lipinski definition) is 3. The molecule has 5 atom stereocenters. The van der Waals surface area contributed by atoms with Gasteiger partial charge in [-0.25, -0.2) is 9.36 Å². The quantitative estimate of drug-likeness (QED) is 0.193. The van der Waals surface area contributed by atoms with E-state index in [4.69, 9.17) is 36.5 Å². The van der Waals surface area contributed by atoms with Gasteiger partial charge in [0.15, 0.2) is 11.8 Å². The molecular formula is C25H31ClN3O9P. The molecule has 39 heavy (non-hydrogen) atoms. The Morgan fingerprint density at radius 2 is 2.00 bits per heavy atom. The molecule has 0 radical (unpaired) electrons. The molecule has 1 aromatic carbocycles. The lowest BCUT2D eigenvalue weighted by Crippen LogP contribution is -2.41. The van der Waals surface area contributed by atoms with E-state index >= 15 is 0 Å². The molecule has 1 unspecified atom stereocenters. The summed E-state index contributed by atoms with van der Waals surface area (Å²) in [7, 11) is -4.26. The van der Waals surface area contributed by atoms with Crippen LogP contribution in [0.2, 0.25) is 5.02 Å². The van der Waals surface area contributed by atoms with Crippen molar-refractivity contribution in [1.29, 1.82) is 0 Å². The van der Waals surface area contributed by atoms with E-state index in [1.165, 1.54) is 31.2 Å². The number of aromatic amines is 1. The Bertz CT molecular complexity index is 1350. The molecule has 0 bridgehead atoms. The summed E-state index contributed by atoms with van der Waals surface area (Å²) in [4.78, 5) is 38.4. The Hall–Kier alpha value is -2.91. The van der Waals surface area contributed by atoms with Crippen LogP contribution in [0, 0.1) is 12.3 Å². The van der Waals surface area contributed by atoms with Gasteiger partial charge in [0.25, 0.3) is 5.56 Å². The van der Waals surface area contributed by atoms with Gasteiger partial charge in [-0.15, -0.1) is 6.42 Å². The molecule has 0 spiro atoms. The Labute approximate surface area is 230 Å². The van der Waals surface area contributed by atoms with Crippen molar-refractivity contribution in [2.45, 2.75) is 70.1 Å². The molecule has 212 valence electrons. The summed E-state index contributed by atoms with van der Waals surface area (Å²) in [5.41, 5.74) is -3.43. The molecule has 1 aromatic heterocycles. The van der Waals surface area contributed by atoms with Gasteiger partial charge in [-0.2, -0.15) is 5.09 Å². The average Bonchev–Trinajstić information content (AvgIpc) is 3.24. The number of H-pyrrole nitrogens is 1. The van der Waals surface area contributed by atoms with E-state index < -0.39 is 55.5 Å². The van der Waals surface area contributed by atoms with Gasteiger partial charge >= 0.3 is 19.4 Å². The highest BCUT2D eigenvalue weighted by atomic mass is 35.5. The van der Waals surface area contributed by atoms with Crippen LogP contribution in [0.15, 0.2) is 46.1 Å². The van der Waals surface area contributed by atoms with Crippen molar-refractivity contribution in [2.24, 2.45) is 0 Å². The van der Waals surface area contributed by atoms with Gasteiger partial charge in [0, 0.05) is 23.7 Å². The Morgan fingerprint density at radius 3 is 2.59 bits per heavy atom. The highest BCUT2D eigenvalue weighted by Gasteiger charge is 2.49. The number of aliphatic hydroxyl groups is 1. The Balaban J connectivity index is 1.79. The fourth-order valence-corrected chi connectivity index (χ4v) is 5.49. The van der Waals surface area contributed by atoms with Crippen molar-refractivity contribution >= 4 is 25.3 Å². The zero-order valence-electron chi connectivity index (χ0n) is 21.7. The maximum atomic E-state index is 13.8. The fraction of sp³-hybridized carbons (Fsp3) is 0.480. The maximum absolute atomic E-state index is 13.8. The first-order valence-electron chi connectivity index (χ1n) is 12.3. The number of rotatable bonds is 12. The van der Waals surface area contributed by atoms with Gasteiger partial charge < -0.3 is 19.1 Å². The first kappa shape index (κ1) is 30.6. The third-order valence-electron chi connectivity index (χ3n) is 5.99. The third-order valence-corrected chi connectivity index (χ3v) is 7.89. The number of benzene rings is 1. The van der Waals surface area contributed by atoms with E-state index in [1.54, 1.807) is 0 Å². The van der Waals surface area contributed by atoms with Crippen LogP contribution in [-0.4, -0.2) is 51.1 Å². The van der Waals surface area contributed by atoms with E-state index in [0.29, 0.717) is 17.9 Å². The normalized spacial score (nSPS) is 23.1. The van der Waals surface area contributed by atoms with Crippen molar-refractivity contribution < 1.29 is 33.0 Å². The molecule has 1 aliphatic heterocycles. The Morgan fingerprint density at radius 1 is 1.33 bits per heavy atom. The molecular weight excluding hydrogens is 553 g/mol. The van der Waals surface area contributed by atoms with Crippen LogP contribution in [-0.2, 0) is 23.4 Å². The lowest BCUT2D eigenvalue weighted by Gasteiger charge is -2.25. The second kappa shape index (κ2) is 13.0. The molecule has 3 rings (SSSR count). The zero-order valence-corrected chi connectivity index (χ0v) is 23.3. The van der Waals surface area contributed by atoms with Gasteiger partial charge in [-0.05, 0) is 44.0 Å². The van der Waals surface area contributed by atoms with Crippen molar-refractivity contribution in [2.75, 3.05) is 6.61 Å². The monoisotopic (exact) mass is 583 g/mol. The maximum Gasteiger partial charge on any atom is 0.459 e. The van der Waals surface area contributed by atoms with Gasteiger partial charge in [-0.3, -0.25) is 23.7 Å². The van der Waals surface area contributed by atoms with Gasteiger partial charge in [0.2, 0.25) is 0 Å². The lowest BCUT2D eigenvalue weighted by atomic mass is 9.99. The number of esters is 1. The molecule has 0 amide bonds. The Kier molecular flexibility index (Phi) is 10.2. The number of carbonyl (C=O) groups excluding carboxylic acids is 1. The molecule has 0 aliphatic carbocycles. The molecule has 2 aromatic rings. The molecule has 1 fully saturated rings. The molecule has 0 saturated carbocycles. The molecule has 1 aliphatic rings. The first-order valence-corrected chi connectivity index (χ1v) is 14.2. The zero-order chi connectivity index (χ0) is 28.8. The van der Waals surface area contributed by atoms with Crippen LogP contribution in [0.1, 0.15) is 46.3 Å². The number of nitrogens with zero attached hydrogens (tertiary/aromatic N) is 1. The van der Waals surface area contributed by atoms with Gasteiger partial charge in [0.1, 0.15) is 17.9 Å². The predicted molar refractivity (Wildman–Crippen MR) is 142 cm³/mol. The number of carbonyl (C=O) groups is 1. The van der Waals surface area contributed by atoms with Gasteiger partial charge in [0.05, 0.1) is 12.7 Å². The van der Waals surface area contributed by atoms with Gasteiger partial charge in [-0.1, -0.05) is 31.4 Å². The minimum Gasteiger partial charge on any atom is -0.461 e. The summed E-state index contributed by atoms with van der Waals surface area (Å²) in [5.74, 6) is 1.70. The minimum absolute atomic E-state index is 0.140. The van der Waals surface area contributed by atoms with Crippen LogP contribution in [0.5, 0.6) is 5.75 Å². The highest BCUT2D eigenvalue weighted by Crippen LogP contribution is 2.47. The summed E-state index contributed by atoms with van der Waals surface area (Å²) in [6, 6.07) is 5.97. The van der Waals surface area contributed by atoms with E-state index in [9.17, 15) is 24.1 Å². The number of ether oxygens (including phenoxy) is 2. The van der Waals surface area contributed by atoms with E-state index in [-0.39, 0.29) is 18.3 Å². The smallest absolute Gasteiger partial charge is 0.459 e. The second-order valence-corrected chi connectivity index (χ2v) is 11.1. The molecule has 3 N–H and O–H groups in total. The van der Waals surface area contributed by atoms with Crippen LogP contribution < -0.4 is 20.9 Å². The fourth-order valence-electron chi connectivity index (χ4n) is 3.84. The summed E-state index contributed by atoms with van der Waals surface area (Å²) in [6.45, 7) is 4.80. The summed E-state index contributed by atoms with van der Waals surface area (Å²) in [6.07, 6.45) is 5.08.